The number of benzene rings is 1. The van der Waals surface area contributed by atoms with Crippen molar-refractivity contribution in [2.75, 3.05) is 20.1 Å². The van der Waals surface area contributed by atoms with Crippen molar-refractivity contribution in [1.82, 2.24) is 19.4 Å². The molecule has 3 rings (SSSR count). The zero-order chi connectivity index (χ0) is 17.8. The van der Waals surface area contributed by atoms with Crippen LogP contribution in [0.3, 0.4) is 0 Å². The van der Waals surface area contributed by atoms with E-state index in [-0.39, 0.29) is 6.04 Å². The van der Waals surface area contributed by atoms with Crippen LogP contribution in [0, 0.1) is 0 Å². The SMILES string of the molecule is CC(c1csnn1)N(C)Cc1ccc(CN2C[C@@H](C)O[C@@H](C)C2)cc1. The van der Waals surface area contributed by atoms with Gasteiger partial charge in [0.05, 0.1) is 23.9 Å². The average molecular weight is 361 g/mol. The van der Waals surface area contributed by atoms with Crippen LogP contribution in [0.4, 0.5) is 0 Å². The van der Waals surface area contributed by atoms with E-state index in [1.54, 1.807) is 0 Å². The fourth-order valence-electron chi connectivity index (χ4n) is 3.43. The van der Waals surface area contributed by atoms with Crippen molar-refractivity contribution in [2.24, 2.45) is 0 Å². The van der Waals surface area contributed by atoms with Gasteiger partial charge < -0.3 is 4.74 Å². The zero-order valence-electron chi connectivity index (χ0n) is 15.6. The molecule has 0 radical (unpaired) electrons. The van der Waals surface area contributed by atoms with Gasteiger partial charge in [-0.3, -0.25) is 9.80 Å². The second kappa shape index (κ2) is 8.36. The van der Waals surface area contributed by atoms with Crippen LogP contribution < -0.4 is 0 Å². The quantitative estimate of drug-likeness (QED) is 0.790. The van der Waals surface area contributed by atoms with Gasteiger partial charge in [-0.25, -0.2) is 0 Å². The predicted molar refractivity (Wildman–Crippen MR) is 102 cm³/mol. The van der Waals surface area contributed by atoms with Crippen LogP contribution >= 0.6 is 11.5 Å². The van der Waals surface area contributed by atoms with Gasteiger partial charge in [0.15, 0.2) is 0 Å². The Hall–Kier alpha value is -1.34. The highest BCUT2D eigenvalue weighted by atomic mass is 32.1. The lowest BCUT2D eigenvalue weighted by Crippen LogP contribution is -2.44. The third kappa shape index (κ3) is 5.07. The van der Waals surface area contributed by atoms with Gasteiger partial charge in [0.25, 0.3) is 0 Å². The van der Waals surface area contributed by atoms with Gasteiger partial charge in [0.1, 0.15) is 0 Å². The molecule has 3 atom stereocenters. The minimum atomic E-state index is 0.273. The van der Waals surface area contributed by atoms with E-state index in [9.17, 15) is 0 Å². The van der Waals surface area contributed by atoms with Crippen molar-refractivity contribution in [3.63, 3.8) is 0 Å². The molecule has 1 aliphatic heterocycles. The molecule has 1 aliphatic rings. The summed E-state index contributed by atoms with van der Waals surface area (Å²) < 4.78 is 9.78. The Morgan fingerprint density at radius 1 is 1.20 bits per heavy atom. The molecule has 0 saturated carbocycles. The van der Waals surface area contributed by atoms with E-state index in [1.165, 1.54) is 22.7 Å². The second-order valence-corrected chi connectivity index (χ2v) is 7.80. The predicted octanol–water partition coefficient (Wildman–Crippen LogP) is 3.34. The summed E-state index contributed by atoms with van der Waals surface area (Å²) in [5.41, 5.74) is 3.73. The number of ether oxygens (including phenoxy) is 1. The number of hydrogen-bond acceptors (Lipinski definition) is 6. The summed E-state index contributed by atoms with van der Waals surface area (Å²) in [5, 5.41) is 6.20. The van der Waals surface area contributed by atoms with Gasteiger partial charge in [-0.1, -0.05) is 28.8 Å². The third-order valence-corrected chi connectivity index (χ3v) is 5.35. The van der Waals surface area contributed by atoms with Crippen molar-refractivity contribution in [1.29, 1.82) is 0 Å². The summed E-state index contributed by atoms with van der Waals surface area (Å²) in [7, 11) is 2.13. The van der Waals surface area contributed by atoms with Crippen molar-refractivity contribution in [2.45, 2.75) is 52.1 Å². The summed E-state index contributed by atoms with van der Waals surface area (Å²) >= 11 is 1.41. The molecule has 1 aromatic heterocycles. The van der Waals surface area contributed by atoms with Gasteiger partial charge in [-0.05, 0) is 50.5 Å². The number of aromatic nitrogens is 2. The number of rotatable bonds is 6. The van der Waals surface area contributed by atoms with Gasteiger partial charge in [0.2, 0.25) is 0 Å². The van der Waals surface area contributed by atoms with Crippen LogP contribution in [0.5, 0.6) is 0 Å². The first-order valence-corrected chi connectivity index (χ1v) is 9.77. The number of morpholine rings is 1. The lowest BCUT2D eigenvalue weighted by molar-refractivity contribution is -0.0704. The summed E-state index contributed by atoms with van der Waals surface area (Å²) in [4.78, 5) is 4.79. The lowest BCUT2D eigenvalue weighted by Gasteiger charge is -2.35. The van der Waals surface area contributed by atoms with Crippen LogP contribution in [0.1, 0.15) is 43.6 Å². The zero-order valence-corrected chi connectivity index (χ0v) is 16.4. The van der Waals surface area contributed by atoms with Gasteiger partial charge in [0, 0.05) is 31.6 Å². The molecule has 0 amide bonds. The molecule has 0 aliphatic carbocycles. The van der Waals surface area contributed by atoms with Crippen LogP contribution in [0.2, 0.25) is 0 Å². The summed E-state index contributed by atoms with van der Waals surface area (Å²) in [6.07, 6.45) is 0.636. The van der Waals surface area contributed by atoms with E-state index in [0.29, 0.717) is 12.2 Å². The molecule has 0 spiro atoms. The van der Waals surface area contributed by atoms with E-state index < -0.39 is 0 Å². The molecule has 25 heavy (non-hydrogen) atoms. The smallest absolute Gasteiger partial charge is 0.0924 e. The van der Waals surface area contributed by atoms with E-state index in [0.717, 1.165) is 31.9 Å². The van der Waals surface area contributed by atoms with Crippen LogP contribution in [-0.2, 0) is 17.8 Å². The van der Waals surface area contributed by atoms with Crippen LogP contribution in [-0.4, -0.2) is 51.7 Å². The second-order valence-electron chi connectivity index (χ2n) is 7.19. The lowest BCUT2D eigenvalue weighted by atomic mass is 10.1. The molecular formula is C19H28N4OS. The molecule has 5 nitrogen and oxygen atoms in total. The van der Waals surface area contributed by atoms with Crippen molar-refractivity contribution >= 4 is 11.5 Å². The van der Waals surface area contributed by atoms with Crippen LogP contribution in [0.25, 0.3) is 0 Å². The van der Waals surface area contributed by atoms with Gasteiger partial charge in [-0.15, -0.1) is 5.10 Å². The van der Waals surface area contributed by atoms with Crippen LogP contribution in [0.15, 0.2) is 29.6 Å². The Bertz CT molecular complexity index is 636. The first kappa shape index (κ1) is 18.5. The molecule has 2 heterocycles. The van der Waals surface area contributed by atoms with Gasteiger partial charge in [-0.2, -0.15) is 0 Å². The maximum absolute atomic E-state index is 5.81. The Morgan fingerprint density at radius 3 is 2.44 bits per heavy atom. The van der Waals surface area contributed by atoms with E-state index in [1.807, 2.05) is 5.38 Å². The Kier molecular flexibility index (Phi) is 6.17. The normalized spacial score (nSPS) is 23.1. The molecule has 1 fully saturated rings. The number of nitrogens with zero attached hydrogens (tertiary/aromatic N) is 4. The first-order valence-electron chi connectivity index (χ1n) is 8.94. The monoisotopic (exact) mass is 360 g/mol. The topological polar surface area (TPSA) is 41.5 Å². The minimum Gasteiger partial charge on any atom is -0.373 e. The highest BCUT2D eigenvalue weighted by molar-refractivity contribution is 7.03. The molecule has 1 aromatic carbocycles. The molecule has 0 N–H and O–H groups in total. The van der Waals surface area contributed by atoms with Crippen molar-refractivity contribution < 1.29 is 4.74 Å². The standard InChI is InChI=1S/C19H28N4OS/c1-14-9-23(10-15(2)24-14)12-18-7-5-17(6-8-18)11-22(4)16(3)19-13-25-21-20-19/h5-8,13-16H,9-12H2,1-4H3/t14-,15+,16?. The molecule has 6 heteroatoms. The fraction of sp³-hybridized carbons (Fsp3) is 0.579. The highest BCUT2D eigenvalue weighted by Gasteiger charge is 2.22. The molecular weight excluding hydrogens is 332 g/mol. The van der Waals surface area contributed by atoms with E-state index in [2.05, 4.69) is 71.5 Å². The fourth-order valence-corrected chi connectivity index (χ4v) is 3.97. The highest BCUT2D eigenvalue weighted by Crippen LogP contribution is 2.20. The Balaban J connectivity index is 1.55. The number of hydrogen-bond donors (Lipinski definition) is 0. The molecule has 1 unspecified atom stereocenters. The summed E-state index contributed by atoms with van der Waals surface area (Å²) in [6, 6.07) is 9.26. The molecule has 2 aromatic rings. The molecule has 136 valence electrons. The molecule has 0 bridgehead atoms. The van der Waals surface area contributed by atoms with Crippen molar-refractivity contribution in [3.05, 3.63) is 46.5 Å². The largest absolute Gasteiger partial charge is 0.373 e. The summed E-state index contributed by atoms with van der Waals surface area (Å²) in [6.45, 7) is 10.4. The minimum absolute atomic E-state index is 0.273. The Morgan fingerprint density at radius 2 is 1.84 bits per heavy atom. The average Bonchev–Trinajstić information content (AvgIpc) is 3.09. The van der Waals surface area contributed by atoms with Gasteiger partial charge >= 0.3 is 0 Å². The Labute approximate surface area is 154 Å². The van der Waals surface area contributed by atoms with Crippen molar-refractivity contribution in [3.8, 4) is 0 Å². The van der Waals surface area contributed by atoms with E-state index in [4.69, 9.17) is 4.74 Å². The van der Waals surface area contributed by atoms with E-state index >= 15 is 0 Å². The maximum Gasteiger partial charge on any atom is 0.0924 e. The molecule has 1 saturated heterocycles. The third-order valence-electron chi connectivity index (χ3n) is 4.82. The summed E-state index contributed by atoms with van der Waals surface area (Å²) in [5.74, 6) is 0. The first-order chi connectivity index (χ1) is 12.0. The maximum atomic E-state index is 5.81.